The lowest BCUT2D eigenvalue weighted by molar-refractivity contribution is 0.596. The quantitative estimate of drug-likeness (QED) is 0.201. The maximum absolute atomic E-state index is 13.7. The van der Waals surface area contributed by atoms with Gasteiger partial charge in [-0.2, -0.15) is 0 Å². The third-order valence-electron chi connectivity index (χ3n) is 10.5. The number of aliphatic imine (C=N–C) groups is 2. The van der Waals surface area contributed by atoms with Crippen molar-refractivity contribution in [2.45, 2.75) is 35.5 Å². The predicted molar refractivity (Wildman–Crippen MR) is 198 cm³/mol. The van der Waals surface area contributed by atoms with Gasteiger partial charge >= 0.3 is 0 Å². The fourth-order valence-electron chi connectivity index (χ4n) is 8.17. The Labute approximate surface area is 283 Å². The number of benzene rings is 6. The van der Waals surface area contributed by atoms with Crippen LogP contribution in [0.15, 0.2) is 129 Å². The molecule has 6 aromatic carbocycles. The summed E-state index contributed by atoms with van der Waals surface area (Å²) in [4.78, 5) is 10.2. The second kappa shape index (κ2) is 10.1. The first-order chi connectivity index (χ1) is 23.8. The van der Waals surface area contributed by atoms with E-state index >= 15 is 0 Å². The first-order valence-corrected chi connectivity index (χ1v) is 18.1. The van der Waals surface area contributed by atoms with Crippen LogP contribution in [0.1, 0.15) is 44.5 Å². The Kier molecular flexibility index (Phi) is 5.83. The largest absolute Gasteiger partial charge is 0.398 e. The minimum absolute atomic E-state index is 0.199. The number of aryl methyl sites for hydroxylation is 4. The molecule has 0 heterocycles. The van der Waals surface area contributed by atoms with E-state index in [1.165, 1.54) is 33.0 Å². The minimum Gasteiger partial charge on any atom is -0.398 e. The van der Waals surface area contributed by atoms with Gasteiger partial charge in [-0.1, -0.05) is 48.5 Å². The second-order valence-electron chi connectivity index (χ2n) is 13.3. The van der Waals surface area contributed by atoms with Crippen LogP contribution in [0.3, 0.4) is 0 Å². The van der Waals surface area contributed by atoms with E-state index in [4.69, 9.17) is 21.5 Å². The summed E-state index contributed by atoms with van der Waals surface area (Å²) in [5.74, 6) is 0. The zero-order valence-corrected chi connectivity index (χ0v) is 27.3. The van der Waals surface area contributed by atoms with Gasteiger partial charge in [0.05, 0.1) is 32.6 Å². The molecule has 7 heteroatoms. The smallest absolute Gasteiger partial charge is 0.206 e. The molecule has 0 saturated carbocycles. The van der Waals surface area contributed by atoms with Crippen molar-refractivity contribution >= 4 is 65.6 Å². The van der Waals surface area contributed by atoms with E-state index in [2.05, 4.69) is 48.5 Å². The van der Waals surface area contributed by atoms with E-state index in [0.29, 0.717) is 22.8 Å². The zero-order chi connectivity index (χ0) is 33.0. The van der Waals surface area contributed by atoms with Gasteiger partial charge in [-0.25, -0.2) is 18.4 Å². The summed E-state index contributed by atoms with van der Waals surface area (Å²) in [5, 5.41) is 4.92. The number of sulfone groups is 1. The topological polar surface area (TPSA) is 111 Å². The van der Waals surface area contributed by atoms with Crippen LogP contribution < -0.4 is 11.5 Å². The molecule has 49 heavy (non-hydrogen) atoms. The highest BCUT2D eigenvalue weighted by Crippen LogP contribution is 2.41. The van der Waals surface area contributed by atoms with Gasteiger partial charge < -0.3 is 11.5 Å². The molecule has 236 valence electrons. The monoisotopic (exact) mass is 654 g/mol. The zero-order valence-electron chi connectivity index (χ0n) is 26.5. The normalized spacial score (nSPS) is 17.3. The van der Waals surface area contributed by atoms with Crippen molar-refractivity contribution < 1.29 is 8.42 Å². The van der Waals surface area contributed by atoms with Crippen molar-refractivity contribution in [3.8, 4) is 0 Å². The van der Waals surface area contributed by atoms with Crippen LogP contribution >= 0.6 is 0 Å². The van der Waals surface area contributed by atoms with Crippen LogP contribution in [0.2, 0.25) is 0 Å². The lowest BCUT2D eigenvalue weighted by Gasteiger charge is -2.19. The Balaban J connectivity index is 0.949. The SMILES string of the molecule is NC1=CC(=Nc2ccc(S(=O)(=O)c3ccc(N=C4C=C(N)c5ccc6c7c(ccc4c57)CC6)cc3)cc2)c2ccc3c4c(ccc1c24)CC3. The number of nitrogens with zero attached hydrogens (tertiary/aromatic N) is 2. The molecule has 0 atom stereocenters. The molecule has 0 fully saturated rings. The maximum Gasteiger partial charge on any atom is 0.206 e. The second-order valence-corrected chi connectivity index (χ2v) is 15.2. The van der Waals surface area contributed by atoms with Crippen molar-refractivity contribution in [3.05, 3.63) is 154 Å². The van der Waals surface area contributed by atoms with Gasteiger partial charge in [0.15, 0.2) is 0 Å². The Hall–Kier alpha value is -5.79. The summed E-state index contributed by atoms with van der Waals surface area (Å²) in [5.41, 5.74) is 26.9. The summed E-state index contributed by atoms with van der Waals surface area (Å²) in [7, 11) is -3.77. The van der Waals surface area contributed by atoms with E-state index in [1.54, 1.807) is 48.5 Å². The van der Waals surface area contributed by atoms with Gasteiger partial charge in [0, 0.05) is 44.4 Å². The third kappa shape index (κ3) is 4.15. The molecule has 0 bridgehead atoms. The molecule has 0 unspecified atom stereocenters. The summed E-state index contributed by atoms with van der Waals surface area (Å²) in [6.07, 6.45) is 7.98. The molecule has 6 nitrogen and oxygen atoms in total. The number of rotatable bonds is 4. The molecule has 0 aromatic heterocycles. The fraction of sp³-hybridized carbons (Fsp3) is 0.0952. The van der Waals surface area contributed by atoms with Crippen LogP contribution in [-0.2, 0) is 35.5 Å². The molecule has 0 aliphatic heterocycles. The Morgan fingerprint density at radius 3 is 1.14 bits per heavy atom. The van der Waals surface area contributed by atoms with Crippen molar-refractivity contribution in [3.63, 3.8) is 0 Å². The highest BCUT2D eigenvalue weighted by molar-refractivity contribution is 7.91. The molecule has 6 aromatic rings. The molecule has 4 aliphatic carbocycles. The van der Waals surface area contributed by atoms with Crippen molar-refractivity contribution in [1.29, 1.82) is 0 Å². The molecule has 0 spiro atoms. The standard InChI is InChI=1S/C42H30N4O2S/c43-35-21-37(33-19-7-25-3-1-23-5-17-31(35)41(33)39(23)25)45-27-9-13-29(14-10-27)49(47,48)30-15-11-28(12-16-30)46-38-22-36(44)32-18-6-24-2-4-26-8-20-34(38)42(32)40(24)26/h5-22H,1-4,43-44H2. The summed E-state index contributed by atoms with van der Waals surface area (Å²) >= 11 is 0. The number of hydrogen-bond donors (Lipinski definition) is 2. The first kappa shape index (κ1) is 28.2. The molecular formula is C42H30N4O2S. The maximum atomic E-state index is 13.7. The van der Waals surface area contributed by atoms with Gasteiger partial charge in [-0.3, -0.25) is 0 Å². The number of nitrogens with two attached hydrogens (primary N) is 2. The van der Waals surface area contributed by atoms with Gasteiger partial charge in [-0.15, -0.1) is 0 Å². The van der Waals surface area contributed by atoms with E-state index in [-0.39, 0.29) is 9.79 Å². The van der Waals surface area contributed by atoms with Crippen molar-refractivity contribution in [2.75, 3.05) is 0 Å². The lowest BCUT2D eigenvalue weighted by atomic mass is 9.88. The summed E-state index contributed by atoms with van der Waals surface area (Å²) in [6, 6.07) is 30.7. The lowest BCUT2D eigenvalue weighted by Crippen LogP contribution is -2.11. The van der Waals surface area contributed by atoms with E-state index < -0.39 is 9.84 Å². The predicted octanol–water partition coefficient (Wildman–Crippen LogP) is 7.89. The summed E-state index contributed by atoms with van der Waals surface area (Å²) < 4.78 is 27.3. The minimum atomic E-state index is -3.77. The van der Waals surface area contributed by atoms with Gasteiger partial charge in [0.1, 0.15) is 0 Å². The highest BCUT2D eigenvalue weighted by Gasteiger charge is 2.26. The summed E-state index contributed by atoms with van der Waals surface area (Å²) in [6.45, 7) is 0. The van der Waals surface area contributed by atoms with Crippen LogP contribution in [0.25, 0.3) is 32.9 Å². The Morgan fingerprint density at radius 2 is 0.776 bits per heavy atom. The fourth-order valence-corrected chi connectivity index (χ4v) is 9.43. The number of allylic oxidation sites excluding steroid dienone is 2. The van der Waals surface area contributed by atoms with Crippen molar-refractivity contribution in [2.24, 2.45) is 21.5 Å². The molecular weight excluding hydrogens is 625 g/mol. The molecule has 4 N–H and O–H groups in total. The first-order valence-electron chi connectivity index (χ1n) is 16.6. The van der Waals surface area contributed by atoms with Crippen LogP contribution in [0.5, 0.6) is 0 Å². The van der Waals surface area contributed by atoms with Crippen LogP contribution in [-0.4, -0.2) is 19.8 Å². The highest BCUT2D eigenvalue weighted by atomic mass is 32.2. The molecule has 0 amide bonds. The van der Waals surface area contributed by atoms with Crippen LogP contribution in [0, 0.1) is 0 Å². The molecule has 10 rings (SSSR count). The molecule has 0 saturated heterocycles. The van der Waals surface area contributed by atoms with Crippen molar-refractivity contribution in [1.82, 2.24) is 0 Å². The van der Waals surface area contributed by atoms with E-state index in [0.717, 1.165) is 70.1 Å². The third-order valence-corrected chi connectivity index (χ3v) is 12.3. The van der Waals surface area contributed by atoms with E-state index in [9.17, 15) is 8.42 Å². The van der Waals surface area contributed by atoms with Gasteiger partial charge in [0.2, 0.25) is 9.84 Å². The Bertz CT molecular complexity index is 2510. The number of hydrogen-bond acceptors (Lipinski definition) is 6. The van der Waals surface area contributed by atoms with Crippen LogP contribution in [0.4, 0.5) is 11.4 Å². The average molecular weight is 655 g/mol. The average Bonchev–Trinajstić information content (AvgIpc) is 3.74. The molecule has 0 radical (unpaired) electrons. The van der Waals surface area contributed by atoms with Gasteiger partial charge in [-0.05, 0) is 119 Å². The van der Waals surface area contributed by atoms with E-state index in [1.807, 2.05) is 12.2 Å². The van der Waals surface area contributed by atoms with Gasteiger partial charge in [0.25, 0.3) is 0 Å². The Morgan fingerprint density at radius 1 is 0.429 bits per heavy atom. The molecule has 4 aliphatic rings.